The van der Waals surface area contributed by atoms with Gasteiger partial charge >= 0.3 is 0 Å². The third-order valence-corrected chi connectivity index (χ3v) is 4.74. The molecule has 2 aliphatic heterocycles. The number of carbonyl (C=O) groups is 2. The van der Waals surface area contributed by atoms with Gasteiger partial charge in [0.05, 0.1) is 12.0 Å². The second kappa shape index (κ2) is 6.10. The van der Waals surface area contributed by atoms with E-state index >= 15 is 0 Å². The van der Waals surface area contributed by atoms with E-state index in [-0.39, 0.29) is 23.8 Å². The summed E-state index contributed by atoms with van der Waals surface area (Å²) in [5.74, 6) is 0.915. The molecule has 2 saturated heterocycles. The molecule has 6 heteroatoms. The zero-order chi connectivity index (χ0) is 15.7. The van der Waals surface area contributed by atoms with E-state index in [1.807, 2.05) is 17.9 Å². The summed E-state index contributed by atoms with van der Waals surface area (Å²) in [6.07, 6.45) is 3.69. The van der Waals surface area contributed by atoms with Crippen molar-refractivity contribution in [3.8, 4) is 0 Å². The zero-order valence-corrected chi connectivity index (χ0v) is 13.2. The lowest BCUT2D eigenvalue weighted by Crippen LogP contribution is -2.46. The molecule has 1 aromatic rings. The van der Waals surface area contributed by atoms with Crippen LogP contribution in [-0.4, -0.2) is 46.4 Å². The minimum atomic E-state index is -0.0775. The number of rotatable bonds is 2. The van der Waals surface area contributed by atoms with Gasteiger partial charge in [-0.25, -0.2) is 0 Å². The van der Waals surface area contributed by atoms with Crippen molar-refractivity contribution in [2.45, 2.75) is 45.6 Å². The van der Waals surface area contributed by atoms with Crippen molar-refractivity contribution in [1.82, 2.24) is 15.0 Å². The Bertz CT molecular complexity index is 569. The van der Waals surface area contributed by atoms with Gasteiger partial charge in [-0.15, -0.1) is 0 Å². The van der Waals surface area contributed by atoms with Crippen molar-refractivity contribution < 1.29 is 14.1 Å². The first-order valence-corrected chi connectivity index (χ1v) is 8.05. The molecule has 2 atom stereocenters. The normalized spacial score (nSPS) is 25.5. The molecule has 6 nitrogen and oxygen atoms in total. The molecule has 1 aromatic heterocycles. The summed E-state index contributed by atoms with van der Waals surface area (Å²) in [5, 5.41) is 4.09. The highest BCUT2D eigenvalue weighted by Gasteiger charge is 2.37. The fraction of sp³-hybridized carbons (Fsp3) is 0.688. The summed E-state index contributed by atoms with van der Waals surface area (Å²) in [6, 6.07) is 1.94. The van der Waals surface area contributed by atoms with E-state index in [4.69, 9.17) is 4.52 Å². The number of nitrogens with zero attached hydrogens (tertiary/aromatic N) is 3. The summed E-state index contributed by atoms with van der Waals surface area (Å²) >= 11 is 0. The molecule has 0 bridgehead atoms. The van der Waals surface area contributed by atoms with Crippen LogP contribution in [0.5, 0.6) is 0 Å². The highest BCUT2D eigenvalue weighted by atomic mass is 16.5. The van der Waals surface area contributed by atoms with Gasteiger partial charge in [0, 0.05) is 32.6 Å². The van der Waals surface area contributed by atoms with Crippen LogP contribution in [0.1, 0.15) is 50.1 Å². The smallest absolute Gasteiger partial charge is 0.228 e. The fourth-order valence-corrected chi connectivity index (χ4v) is 3.58. The van der Waals surface area contributed by atoms with Crippen molar-refractivity contribution in [3.63, 3.8) is 0 Å². The maximum atomic E-state index is 12.9. The van der Waals surface area contributed by atoms with Crippen LogP contribution in [0.4, 0.5) is 0 Å². The molecule has 3 heterocycles. The summed E-state index contributed by atoms with van der Waals surface area (Å²) in [5.41, 5.74) is 0.850. The van der Waals surface area contributed by atoms with Gasteiger partial charge in [0.2, 0.25) is 11.8 Å². The van der Waals surface area contributed by atoms with E-state index in [0.717, 1.165) is 50.2 Å². The quantitative estimate of drug-likeness (QED) is 0.837. The molecule has 0 saturated carbocycles. The summed E-state index contributed by atoms with van der Waals surface area (Å²) in [7, 11) is 0. The first-order chi connectivity index (χ1) is 10.6. The molecule has 2 amide bonds. The number of hydrogen-bond donors (Lipinski definition) is 0. The molecule has 2 aliphatic rings. The Morgan fingerprint density at radius 2 is 2.05 bits per heavy atom. The SMILES string of the molecule is CC(=O)N1CCC[C@@H](C(=O)N2CCC[C@H]2c2cc(C)on2)C1. The lowest BCUT2D eigenvalue weighted by atomic mass is 9.96. The first kappa shape index (κ1) is 15.1. The Morgan fingerprint density at radius 1 is 1.27 bits per heavy atom. The number of carbonyl (C=O) groups excluding carboxylic acids is 2. The van der Waals surface area contributed by atoms with E-state index < -0.39 is 0 Å². The minimum absolute atomic E-state index is 0.0256. The number of piperidine rings is 1. The van der Waals surface area contributed by atoms with Crippen LogP contribution in [0, 0.1) is 12.8 Å². The molecule has 0 radical (unpaired) electrons. The molecule has 22 heavy (non-hydrogen) atoms. The number of likely N-dealkylation sites (tertiary alicyclic amines) is 2. The summed E-state index contributed by atoms with van der Waals surface area (Å²) < 4.78 is 5.16. The van der Waals surface area contributed by atoms with Crippen LogP contribution in [0.25, 0.3) is 0 Å². The average Bonchev–Trinajstić information content (AvgIpc) is 3.15. The molecule has 120 valence electrons. The van der Waals surface area contributed by atoms with Gasteiger partial charge in [-0.05, 0) is 32.6 Å². The predicted molar refractivity (Wildman–Crippen MR) is 79.9 cm³/mol. The van der Waals surface area contributed by atoms with Crippen molar-refractivity contribution in [1.29, 1.82) is 0 Å². The highest BCUT2D eigenvalue weighted by molar-refractivity contribution is 5.81. The Kier molecular flexibility index (Phi) is 4.18. The Labute approximate surface area is 130 Å². The molecular weight excluding hydrogens is 282 g/mol. The van der Waals surface area contributed by atoms with Gasteiger partial charge in [0.25, 0.3) is 0 Å². The zero-order valence-electron chi connectivity index (χ0n) is 13.2. The van der Waals surface area contributed by atoms with Crippen LogP contribution in [0.3, 0.4) is 0 Å². The first-order valence-electron chi connectivity index (χ1n) is 8.05. The van der Waals surface area contributed by atoms with Crippen molar-refractivity contribution in [2.75, 3.05) is 19.6 Å². The van der Waals surface area contributed by atoms with E-state index in [0.29, 0.717) is 6.54 Å². The molecule has 3 rings (SSSR count). The molecule has 0 aromatic carbocycles. The van der Waals surface area contributed by atoms with Crippen LogP contribution in [0.2, 0.25) is 0 Å². The van der Waals surface area contributed by atoms with Crippen molar-refractivity contribution >= 4 is 11.8 Å². The van der Waals surface area contributed by atoms with Gasteiger partial charge in [-0.3, -0.25) is 9.59 Å². The summed E-state index contributed by atoms with van der Waals surface area (Å²) in [4.78, 5) is 28.2. The highest BCUT2D eigenvalue weighted by Crippen LogP contribution is 2.34. The van der Waals surface area contributed by atoms with Crippen LogP contribution >= 0.6 is 0 Å². The van der Waals surface area contributed by atoms with Gasteiger partial charge in [-0.2, -0.15) is 0 Å². The molecule has 0 spiro atoms. The standard InChI is InChI=1S/C16H23N3O3/c1-11-9-14(17-22-11)15-6-4-8-19(15)16(21)13-5-3-7-18(10-13)12(2)20/h9,13,15H,3-8,10H2,1-2H3/t13-,15+/m1/s1. The van der Waals surface area contributed by atoms with E-state index in [2.05, 4.69) is 5.16 Å². The second-order valence-corrected chi connectivity index (χ2v) is 6.36. The topological polar surface area (TPSA) is 66.7 Å². The third-order valence-electron chi connectivity index (χ3n) is 4.74. The fourth-order valence-electron chi connectivity index (χ4n) is 3.58. The Morgan fingerprint density at radius 3 is 2.73 bits per heavy atom. The number of hydrogen-bond acceptors (Lipinski definition) is 4. The van der Waals surface area contributed by atoms with Crippen molar-refractivity contribution in [3.05, 3.63) is 17.5 Å². The largest absolute Gasteiger partial charge is 0.361 e. The van der Waals surface area contributed by atoms with Gasteiger partial charge in [-0.1, -0.05) is 5.16 Å². The lowest BCUT2D eigenvalue weighted by molar-refractivity contribution is -0.141. The van der Waals surface area contributed by atoms with Crippen LogP contribution in [0.15, 0.2) is 10.6 Å². The minimum Gasteiger partial charge on any atom is -0.361 e. The average molecular weight is 305 g/mol. The maximum absolute atomic E-state index is 12.9. The van der Waals surface area contributed by atoms with Gasteiger partial charge < -0.3 is 14.3 Å². The Balaban J connectivity index is 1.72. The van der Waals surface area contributed by atoms with E-state index in [1.165, 1.54) is 0 Å². The molecular formula is C16H23N3O3. The Hall–Kier alpha value is -1.85. The lowest BCUT2D eigenvalue weighted by Gasteiger charge is -2.34. The van der Waals surface area contributed by atoms with Gasteiger partial charge in [0.15, 0.2) is 0 Å². The third kappa shape index (κ3) is 2.87. The monoisotopic (exact) mass is 305 g/mol. The van der Waals surface area contributed by atoms with Crippen LogP contribution < -0.4 is 0 Å². The molecule has 0 N–H and O–H groups in total. The number of amides is 2. The van der Waals surface area contributed by atoms with E-state index in [1.54, 1.807) is 11.8 Å². The molecule has 2 fully saturated rings. The molecule has 0 unspecified atom stereocenters. The van der Waals surface area contributed by atoms with E-state index in [9.17, 15) is 9.59 Å². The molecule has 0 aliphatic carbocycles. The number of aromatic nitrogens is 1. The predicted octanol–water partition coefficient (Wildman–Crippen LogP) is 1.91. The van der Waals surface area contributed by atoms with Crippen molar-refractivity contribution in [2.24, 2.45) is 5.92 Å². The van der Waals surface area contributed by atoms with Gasteiger partial charge in [0.1, 0.15) is 11.5 Å². The maximum Gasteiger partial charge on any atom is 0.228 e. The second-order valence-electron chi connectivity index (χ2n) is 6.36. The van der Waals surface area contributed by atoms with Crippen LogP contribution in [-0.2, 0) is 9.59 Å². The summed E-state index contributed by atoms with van der Waals surface area (Å²) in [6.45, 7) is 5.53. The number of aryl methyl sites for hydroxylation is 1.